The van der Waals surface area contributed by atoms with E-state index in [0.29, 0.717) is 45.1 Å². The van der Waals surface area contributed by atoms with Crippen LogP contribution in [-0.4, -0.2) is 26.4 Å². The molecule has 0 fully saturated rings. The summed E-state index contributed by atoms with van der Waals surface area (Å²) in [5.74, 6) is 0.678. The third-order valence-electron chi connectivity index (χ3n) is 5.06. The zero-order valence-corrected chi connectivity index (χ0v) is 20.4. The Morgan fingerprint density at radius 2 is 1.65 bits per heavy atom. The smallest absolute Gasteiger partial charge is 0.311 e. The van der Waals surface area contributed by atoms with Crippen LogP contribution in [0.15, 0.2) is 60.7 Å². The molecule has 7 nitrogen and oxygen atoms in total. The SMILES string of the molecule is CC(C)(C)CNc1nc(-c2[nH]c(-c3c(Cl)cccc3Cl)nc2-c2ccccc2)ccc1[N+](=O)[O-]. The quantitative estimate of drug-likeness (QED) is 0.213. The number of nitro groups is 1. The normalized spacial score (nSPS) is 11.4. The topological polar surface area (TPSA) is 96.7 Å². The van der Waals surface area contributed by atoms with Crippen molar-refractivity contribution in [3.05, 3.63) is 80.8 Å². The van der Waals surface area contributed by atoms with Crippen molar-refractivity contribution in [2.75, 3.05) is 11.9 Å². The van der Waals surface area contributed by atoms with Gasteiger partial charge in [-0.1, -0.05) is 80.4 Å². The van der Waals surface area contributed by atoms with Gasteiger partial charge in [-0.3, -0.25) is 10.1 Å². The fourth-order valence-corrected chi connectivity index (χ4v) is 4.00. The molecule has 0 amide bonds. The second kappa shape index (κ2) is 9.44. The lowest BCUT2D eigenvalue weighted by molar-refractivity contribution is -0.384. The van der Waals surface area contributed by atoms with Gasteiger partial charge in [0.15, 0.2) is 0 Å². The van der Waals surface area contributed by atoms with E-state index in [1.54, 1.807) is 24.3 Å². The number of nitrogens with one attached hydrogen (secondary N) is 2. The summed E-state index contributed by atoms with van der Waals surface area (Å²) in [6.45, 7) is 6.63. The van der Waals surface area contributed by atoms with Gasteiger partial charge in [-0.15, -0.1) is 0 Å². The Hall–Kier alpha value is -3.42. The van der Waals surface area contributed by atoms with Gasteiger partial charge < -0.3 is 10.3 Å². The molecule has 0 bridgehead atoms. The number of imidazole rings is 1. The average molecular weight is 496 g/mol. The summed E-state index contributed by atoms with van der Waals surface area (Å²) in [6, 6.07) is 17.9. The first-order valence-corrected chi connectivity index (χ1v) is 11.4. The van der Waals surface area contributed by atoms with Crippen molar-refractivity contribution in [3.8, 4) is 34.0 Å². The highest BCUT2D eigenvalue weighted by molar-refractivity contribution is 6.39. The van der Waals surface area contributed by atoms with E-state index in [4.69, 9.17) is 28.2 Å². The van der Waals surface area contributed by atoms with Crippen LogP contribution in [0.2, 0.25) is 10.0 Å². The second-order valence-electron chi connectivity index (χ2n) is 9.01. The van der Waals surface area contributed by atoms with Crippen molar-refractivity contribution in [3.63, 3.8) is 0 Å². The van der Waals surface area contributed by atoms with Crippen LogP contribution in [0.1, 0.15) is 20.8 Å². The third-order valence-corrected chi connectivity index (χ3v) is 5.69. The van der Waals surface area contributed by atoms with Crippen molar-refractivity contribution in [2.24, 2.45) is 5.41 Å². The summed E-state index contributed by atoms with van der Waals surface area (Å²) in [6.07, 6.45) is 0. The van der Waals surface area contributed by atoms with E-state index < -0.39 is 4.92 Å². The Balaban J connectivity index is 1.90. The van der Waals surface area contributed by atoms with Gasteiger partial charge in [0, 0.05) is 18.2 Å². The van der Waals surface area contributed by atoms with Gasteiger partial charge in [-0.05, 0) is 23.6 Å². The van der Waals surface area contributed by atoms with E-state index >= 15 is 0 Å². The highest BCUT2D eigenvalue weighted by Crippen LogP contribution is 2.38. The summed E-state index contributed by atoms with van der Waals surface area (Å²) >= 11 is 12.9. The molecule has 2 aromatic carbocycles. The highest BCUT2D eigenvalue weighted by atomic mass is 35.5. The molecular formula is C25H23Cl2N5O2. The first-order chi connectivity index (χ1) is 16.1. The molecule has 0 unspecified atom stereocenters. The van der Waals surface area contributed by atoms with Gasteiger partial charge >= 0.3 is 5.69 Å². The second-order valence-corrected chi connectivity index (χ2v) is 9.82. The van der Waals surface area contributed by atoms with E-state index in [-0.39, 0.29) is 16.9 Å². The minimum Gasteiger partial charge on any atom is -0.364 e. The number of benzene rings is 2. The van der Waals surface area contributed by atoms with E-state index in [0.717, 1.165) is 5.56 Å². The molecule has 2 aromatic heterocycles. The number of halogens is 2. The molecule has 34 heavy (non-hydrogen) atoms. The van der Waals surface area contributed by atoms with Crippen molar-refractivity contribution in [2.45, 2.75) is 20.8 Å². The van der Waals surface area contributed by atoms with E-state index in [9.17, 15) is 10.1 Å². The highest BCUT2D eigenvalue weighted by Gasteiger charge is 2.23. The number of hydrogen-bond acceptors (Lipinski definition) is 5. The Bertz CT molecular complexity index is 1330. The van der Waals surface area contributed by atoms with Gasteiger partial charge in [0.05, 0.1) is 37.6 Å². The van der Waals surface area contributed by atoms with E-state index in [2.05, 4.69) is 15.3 Å². The van der Waals surface area contributed by atoms with Gasteiger partial charge in [0.1, 0.15) is 5.82 Å². The van der Waals surface area contributed by atoms with Crippen LogP contribution < -0.4 is 5.32 Å². The molecule has 2 heterocycles. The van der Waals surface area contributed by atoms with Crippen molar-refractivity contribution < 1.29 is 4.92 Å². The van der Waals surface area contributed by atoms with Crippen molar-refractivity contribution >= 4 is 34.7 Å². The number of H-pyrrole nitrogens is 1. The van der Waals surface area contributed by atoms with Crippen LogP contribution in [0.4, 0.5) is 11.5 Å². The molecule has 2 N–H and O–H groups in total. The molecule has 4 rings (SSSR count). The van der Waals surface area contributed by atoms with Crippen LogP contribution >= 0.6 is 23.2 Å². The minimum atomic E-state index is -0.443. The lowest BCUT2D eigenvalue weighted by atomic mass is 9.97. The number of rotatable bonds is 6. The van der Waals surface area contributed by atoms with Crippen molar-refractivity contribution in [1.29, 1.82) is 0 Å². The molecule has 0 saturated carbocycles. The summed E-state index contributed by atoms with van der Waals surface area (Å²) < 4.78 is 0. The first-order valence-electron chi connectivity index (χ1n) is 10.6. The maximum Gasteiger partial charge on any atom is 0.311 e. The zero-order chi connectivity index (χ0) is 24.5. The molecule has 0 spiro atoms. The molecule has 0 aliphatic carbocycles. The molecule has 0 aliphatic rings. The average Bonchev–Trinajstić information content (AvgIpc) is 3.22. The summed E-state index contributed by atoms with van der Waals surface area (Å²) in [5, 5.41) is 15.7. The molecule has 0 aliphatic heterocycles. The van der Waals surface area contributed by atoms with Gasteiger partial charge in [-0.2, -0.15) is 0 Å². The number of nitrogens with zero attached hydrogens (tertiary/aromatic N) is 3. The molecule has 0 radical (unpaired) electrons. The lowest BCUT2D eigenvalue weighted by Gasteiger charge is -2.19. The Labute approximate surface area is 207 Å². The number of aromatic amines is 1. The third kappa shape index (κ3) is 5.05. The fraction of sp³-hybridized carbons (Fsp3) is 0.200. The molecular weight excluding hydrogens is 473 g/mol. The maximum absolute atomic E-state index is 11.6. The summed E-state index contributed by atoms with van der Waals surface area (Å²) in [4.78, 5) is 23.9. The summed E-state index contributed by atoms with van der Waals surface area (Å²) in [5.41, 5.74) is 2.98. The number of hydrogen-bond donors (Lipinski definition) is 2. The Morgan fingerprint density at radius 1 is 0.971 bits per heavy atom. The largest absolute Gasteiger partial charge is 0.364 e. The molecule has 174 valence electrons. The molecule has 4 aromatic rings. The van der Waals surface area contributed by atoms with Gasteiger partial charge in [-0.25, -0.2) is 9.97 Å². The van der Waals surface area contributed by atoms with Crippen LogP contribution in [0.25, 0.3) is 34.0 Å². The van der Waals surface area contributed by atoms with Crippen molar-refractivity contribution in [1.82, 2.24) is 15.0 Å². The van der Waals surface area contributed by atoms with E-state index in [1.807, 2.05) is 51.1 Å². The van der Waals surface area contributed by atoms with Crippen LogP contribution in [-0.2, 0) is 0 Å². The monoisotopic (exact) mass is 495 g/mol. The van der Waals surface area contributed by atoms with Crippen LogP contribution in [0, 0.1) is 15.5 Å². The number of aromatic nitrogens is 3. The predicted octanol–water partition coefficient (Wildman–Crippen LogP) is 7.48. The van der Waals surface area contributed by atoms with Gasteiger partial charge in [0.25, 0.3) is 0 Å². The fourth-order valence-electron chi connectivity index (χ4n) is 3.42. The molecule has 0 saturated heterocycles. The van der Waals surface area contributed by atoms with Gasteiger partial charge in [0.2, 0.25) is 5.82 Å². The maximum atomic E-state index is 11.6. The lowest BCUT2D eigenvalue weighted by Crippen LogP contribution is -2.20. The molecule has 0 atom stereocenters. The van der Waals surface area contributed by atoms with Crippen LogP contribution in [0.5, 0.6) is 0 Å². The zero-order valence-electron chi connectivity index (χ0n) is 18.9. The molecule has 9 heteroatoms. The van der Waals surface area contributed by atoms with E-state index in [1.165, 1.54) is 6.07 Å². The Kier molecular flexibility index (Phi) is 6.59. The standard InChI is InChI=1S/C25H23Cl2N5O2/c1-25(2,3)14-28-23-19(32(33)34)13-12-18(29-23)22-21(15-8-5-4-6-9-15)30-24(31-22)20-16(26)10-7-11-17(20)27/h4-13H,14H2,1-3H3,(H,28,29)(H,30,31). The number of pyridine rings is 1. The minimum absolute atomic E-state index is 0.0943. The predicted molar refractivity (Wildman–Crippen MR) is 137 cm³/mol. The summed E-state index contributed by atoms with van der Waals surface area (Å²) in [7, 11) is 0. The first kappa shape index (κ1) is 23.7. The van der Waals surface area contributed by atoms with Crippen LogP contribution in [0.3, 0.4) is 0 Å². The Morgan fingerprint density at radius 3 is 2.26 bits per heavy atom. The number of anilines is 1.